The number of aryl methyl sites for hydroxylation is 2. The lowest BCUT2D eigenvalue weighted by atomic mass is 10.1. The van der Waals surface area contributed by atoms with Crippen molar-refractivity contribution in [3.05, 3.63) is 45.0 Å². The number of alkyl halides is 3. The fraction of sp³-hybridized carbons (Fsp3) is 0.438. The van der Waals surface area contributed by atoms with Crippen molar-refractivity contribution in [2.45, 2.75) is 13.1 Å². The summed E-state index contributed by atoms with van der Waals surface area (Å²) in [6.07, 6.45) is -4.61. The van der Waals surface area contributed by atoms with Crippen molar-refractivity contribution in [3.8, 4) is 0 Å². The third-order valence-corrected chi connectivity index (χ3v) is 4.18. The topological polar surface area (TPSA) is 80.2 Å². The van der Waals surface area contributed by atoms with E-state index in [2.05, 4.69) is 10.1 Å². The first kappa shape index (κ1) is 18.2. The first-order valence-corrected chi connectivity index (χ1v) is 7.91. The molecule has 0 unspecified atom stereocenters. The van der Waals surface area contributed by atoms with E-state index in [1.807, 2.05) is 0 Å². The van der Waals surface area contributed by atoms with Crippen LogP contribution in [0.15, 0.2) is 16.9 Å². The molecule has 2 aromatic heterocycles. The summed E-state index contributed by atoms with van der Waals surface area (Å²) in [5.41, 5.74) is -1.49. The van der Waals surface area contributed by atoms with E-state index in [9.17, 15) is 22.8 Å². The van der Waals surface area contributed by atoms with Crippen LogP contribution in [0, 0.1) is 6.92 Å². The van der Waals surface area contributed by atoms with Crippen LogP contribution in [0.4, 0.5) is 19.0 Å². The van der Waals surface area contributed by atoms with Gasteiger partial charge in [-0.05, 0) is 19.1 Å². The summed E-state index contributed by atoms with van der Waals surface area (Å²) in [7, 11) is 1.45. The Labute approximate surface area is 146 Å². The molecule has 0 aromatic carbocycles. The number of aromatic nitrogens is 3. The molecule has 3 heterocycles. The number of pyridine rings is 1. The number of halogens is 3. The first-order valence-electron chi connectivity index (χ1n) is 7.91. The number of nitrogens with zero attached hydrogens (tertiary/aromatic N) is 3. The second kappa shape index (κ2) is 6.60. The van der Waals surface area contributed by atoms with Gasteiger partial charge < -0.3 is 9.64 Å². The van der Waals surface area contributed by atoms with E-state index < -0.39 is 23.1 Å². The minimum atomic E-state index is -4.61. The van der Waals surface area contributed by atoms with E-state index in [1.165, 1.54) is 11.9 Å². The highest BCUT2D eigenvalue weighted by Crippen LogP contribution is 2.36. The van der Waals surface area contributed by atoms with Crippen molar-refractivity contribution in [1.82, 2.24) is 14.8 Å². The SMILES string of the molecule is Cc1[nH]n(C)c(=O)c1C(=O)c1ccc(C(F)(F)F)c(N2CCOCC2)n1. The number of rotatable bonds is 3. The number of H-pyrrole nitrogens is 1. The van der Waals surface area contributed by atoms with Crippen LogP contribution in [-0.2, 0) is 18.0 Å². The lowest BCUT2D eigenvalue weighted by molar-refractivity contribution is -0.137. The molecule has 0 radical (unpaired) electrons. The Kier molecular flexibility index (Phi) is 4.61. The molecule has 26 heavy (non-hydrogen) atoms. The van der Waals surface area contributed by atoms with Crippen LogP contribution in [0.3, 0.4) is 0 Å². The standard InChI is InChI=1S/C16H17F3N4O3/c1-9-12(15(25)22(2)21-9)13(24)11-4-3-10(16(17,18)19)14(20-11)23-5-7-26-8-6-23/h3-4,21H,5-8H2,1-2H3. The van der Waals surface area contributed by atoms with Crippen LogP contribution in [-0.4, -0.2) is 46.9 Å². The van der Waals surface area contributed by atoms with Gasteiger partial charge in [0.2, 0.25) is 5.78 Å². The van der Waals surface area contributed by atoms with E-state index in [1.54, 1.807) is 6.92 Å². The third kappa shape index (κ3) is 3.24. The Morgan fingerprint density at radius 2 is 1.92 bits per heavy atom. The zero-order valence-electron chi connectivity index (χ0n) is 14.2. The minimum Gasteiger partial charge on any atom is -0.378 e. The largest absolute Gasteiger partial charge is 0.419 e. The highest BCUT2D eigenvalue weighted by atomic mass is 19.4. The lowest BCUT2D eigenvalue weighted by Crippen LogP contribution is -2.38. The fourth-order valence-corrected chi connectivity index (χ4v) is 2.89. The van der Waals surface area contributed by atoms with Crippen LogP contribution < -0.4 is 10.5 Å². The van der Waals surface area contributed by atoms with E-state index in [4.69, 9.17) is 4.74 Å². The van der Waals surface area contributed by atoms with Gasteiger partial charge in [-0.3, -0.25) is 19.4 Å². The molecule has 10 heteroatoms. The van der Waals surface area contributed by atoms with Gasteiger partial charge in [0, 0.05) is 25.8 Å². The quantitative estimate of drug-likeness (QED) is 0.829. The molecule has 0 bridgehead atoms. The van der Waals surface area contributed by atoms with Crippen molar-refractivity contribution in [3.63, 3.8) is 0 Å². The Hall–Kier alpha value is -2.62. The third-order valence-electron chi connectivity index (χ3n) is 4.18. The number of hydrogen-bond donors (Lipinski definition) is 1. The summed E-state index contributed by atoms with van der Waals surface area (Å²) >= 11 is 0. The fourth-order valence-electron chi connectivity index (χ4n) is 2.89. The maximum Gasteiger partial charge on any atom is 0.419 e. The molecule has 0 aliphatic carbocycles. The van der Waals surface area contributed by atoms with Gasteiger partial charge in [-0.25, -0.2) is 4.98 Å². The Morgan fingerprint density at radius 3 is 2.46 bits per heavy atom. The number of carbonyl (C=O) groups is 1. The lowest BCUT2D eigenvalue weighted by Gasteiger charge is -2.30. The molecule has 1 N–H and O–H groups in total. The number of anilines is 1. The number of hydrogen-bond acceptors (Lipinski definition) is 5. The Balaban J connectivity index is 2.09. The highest BCUT2D eigenvalue weighted by Gasteiger charge is 2.37. The van der Waals surface area contributed by atoms with Gasteiger partial charge in [-0.2, -0.15) is 13.2 Å². The minimum absolute atomic E-state index is 0.132. The van der Waals surface area contributed by atoms with Crippen molar-refractivity contribution >= 4 is 11.6 Å². The van der Waals surface area contributed by atoms with Crippen molar-refractivity contribution in [2.75, 3.05) is 31.2 Å². The highest BCUT2D eigenvalue weighted by molar-refractivity contribution is 6.08. The van der Waals surface area contributed by atoms with Gasteiger partial charge in [0.25, 0.3) is 5.56 Å². The van der Waals surface area contributed by atoms with Gasteiger partial charge in [-0.15, -0.1) is 0 Å². The number of carbonyl (C=O) groups excluding carboxylic acids is 1. The van der Waals surface area contributed by atoms with Crippen LogP contribution in [0.5, 0.6) is 0 Å². The van der Waals surface area contributed by atoms with Crippen molar-refractivity contribution in [2.24, 2.45) is 7.05 Å². The summed E-state index contributed by atoms with van der Waals surface area (Å²) in [6, 6.07) is 1.83. The molecule has 2 aromatic rings. The molecular formula is C16H17F3N4O3. The van der Waals surface area contributed by atoms with E-state index in [0.717, 1.165) is 16.8 Å². The van der Waals surface area contributed by atoms with Crippen LogP contribution >= 0.6 is 0 Å². The average molecular weight is 370 g/mol. The van der Waals surface area contributed by atoms with E-state index >= 15 is 0 Å². The Morgan fingerprint density at radius 1 is 1.27 bits per heavy atom. The molecule has 140 valence electrons. The molecule has 1 aliphatic heterocycles. The molecule has 1 saturated heterocycles. The average Bonchev–Trinajstić information content (AvgIpc) is 2.86. The van der Waals surface area contributed by atoms with Gasteiger partial charge in [0.15, 0.2) is 0 Å². The smallest absolute Gasteiger partial charge is 0.378 e. The predicted octanol–water partition coefficient (Wildman–Crippen LogP) is 1.50. The maximum absolute atomic E-state index is 13.3. The summed E-state index contributed by atoms with van der Waals surface area (Å²) < 4.78 is 46.3. The molecular weight excluding hydrogens is 353 g/mol. The summed E-state index contributed by atoms with van der Waals surface area (Å²) in [4.78, 5) is 30.2. The summed E-state index contributed by atoms with van der Waals surface area (Å²) in [5.74, 6) is -1.04. The van der Waals surface area contributed by atoms with E-state index in [-0.39, 0.29) is 43.4 Å². The summed E-state index contributed by atoms with van der Waals surface area (Å²) in [5, 5.41) is 2.69. The molecule has 0 atom stereocenters. The van der Waals surface area contributed by atoms with Crippen molar-refractivity contribution in [1.29, 1.82) is 0 Å². The van der Waals surface area contributed by atoms with Gasteiger partial charge in [0.05, 0.1) is 18.8 Å². The molecule has 7 nitrogen and oxygen atoms in total. The molecule has 0 spiro atoms. The summed E-state index contributed by atoms with van der Waals surface area (Å²) in [6.45, 7) is 2.56. The molecule has 1 aliphatic rings. The predicted molar refractivity (Wildman–Crippen MR) is 86.5 cm³/mol. The number of ether oxygens (including phenoxy) is 1. The van der Waals surface area contributed by atoms with Gasteiger partial charge >= 0.3 is 6.18 Å². The van der Waals surface area contributed by atoms with Gasteiger partial charge in [-0.1, -0.05) is 0 Å². The zero-order valence-corrected chi connectivity index (χ0v) is 14.2. The zero-order chi connectivity index (χ0) is 19.1. The molecule has 1 fully saturated rings. The van der Waals surface area contributed by atoms with Crippen molar-refractivity contribution < 1.29 is 22.7 Å². The number of aromatic amines is 1. The molecule has 3 rings (SSSR count). The first-order chi connectivity index (χ1) is 12.2. The normalized spacial score (nSPS) is 15.3. The van der Waals surface area contributed by atoms with Crippen LogP contribution in [0.1, 0.15) is 27.3 Å². The second-order valence-electron chi connectivity index (χ2n) is 5.97. The molecule has 0 saturated carbocycles. The van der Waals surface area contributed by atoms with Gasteiger partial charge in [0.1, 0.15) is 17.1 Å². The maximum atomic E-state index is 13.3. The second-order valence-corrected chi connectivity index (χ2v) is 5.97. The number of nitrogens with one attached hydrogen (secondary N) is 1. The number of ketones is 1. The van der Waals surface area contributed by atoms with Crippen LogP contribution in [0.25, 0.3) is 0 Å². The Bertz CT molecular complexity index is 895. The van der Waals surface area contributed by atoms with E-state index in [0.29, 0.717) is 5.69 Å². The molecule has 0 amide bonds. The monoisotopic (exact) mass is 370 g/mol. The number of morpholine rings is 1. The van der Waals surface area contributed by atoms with Crippen LogP contribution in [0.2, 0.25) is 0 Å².